The Morgan fingerprint density at radius 1 is 1.22 bits per heavy atom. The van der Waals surface area contributed by atoms with Crippen LogP contribution in [-0.4, -0.2) is 11.0 Å². The zero-order chi connectivity index (χ0) is 13.1. The number of hydrogen-bond acceptors (Lipinski definition) is 3. The van der Waals surface area contributed by atoms with E-state index < -0.39 is 5.91 Å². The van der Waals surface area contributed by atoms with E-state index in [2.05, 4.69) is 21.2 Å². The molecule has 0 heterocycles. The fourth-order valence-corrected chi connectivity index (χ4v) is 1.90. The van der Waals surface area contributed by atoms with Crippen molar-refractivity contribution in [2.45, 2.75) is 0 Å². The fraction of sp³-hybridized carbons (Fsp3) is 0. The van der Waals surface area contributed by atoms with E-state index in [1.807, 2.05) is 6.07 Å². The summed E-state index contributed by atoms with van der Waals surface area (Å²) in [6.45, 7) is 0. The summed E-state index contributed by atoms with van der Waals surface area (Å²) >= 11 is 3.31. The number of nitrogens with one attached hydrogen (secondary N) is 1. The number of aromatic hydroxyl groups is 1. The number of phenols is 1. The molecule has 4 N–H and O–H groups in total. The van der Waals surface area contributed by atoms with Crippen molar-refractivity contribution >= 4 is 33.2 Å². The Morgan fingerprint density at radius 3 is 2.72 bits per heavy atom. The standard InChI is InChI=1S/C13H11BrN2O2/c14-8-2-1-3-10(6-8)16-13(18)11-7-9(15)4-5-12(11)17/h1-7,17H,15H2,(H,16,18). The SMILES string of the molecule is Nc1ccc(O)c(C(=O)Nc2cccc(Br)c2)c1. The van der Waals surface area contributed by atoms with Gasteiger partial charge in [0.2, 0.25) is 0 Å². The number of benzene rings is 2. The topological polar surface area (TPSA) is 75.3 Å². The van der Waals surface area contributed by atoms with Gasteiger partial charge in [-0.15, -0.1) is 0 Å². The van der Waals surface area contributed by atoms with Gasteiger partial charge in [-0.05, 0) is 36.4 Å². The van der Waals surface area contributed by atoms with E-state index in [0.29, 0.717) is 11.4 Å². The van der Waals surface area contributed by atoms with Gasteiger partial charge in [0, 0.05) is 15.8 Å². The fourth-order valence-electron chi connectivity index (χ4n) is 1.50. The maximum Gasteiger partial charge on any atom is 0.259 e. The van der Waals surface area contributed by atoms with Gasteiger partial charge in [0.05, 0.1) is 5.56 Å². The van der Waals surface area contributed by atoms with Gasteiger partial charge in [-0.1, -0.05) is 22.0 Å². The first-order chi connectivity index (χ1) is 8.56. The van der Waals surface area contributed by atoms with Crippen LogP contribution in [0.4, 0.5) is 11.4 Å². The van der Waals surface area contributed by atoms with Crippen LogP contribution in [0.25, 0.3) is 0 Å². The highest BCUT2D eigenvalue weighted by Gasteiger charge is 2.11. The molecule has 0 atom stereocenters. The maximum atomic E-state index is 12.0. The van der Waals surface area contributed by atoms with E-state index in [1.165, 1.54) is 18.2 Å². The van der Waals surface area contributed by atoms with Crippen molar-refractivity contribution in [3.8, 4) is 5.75 Å². The monoisotopic (exact) mass is 306 g/mol. The number of nitrogens with two attached hydrogens (primary N) is 1. The van der Waals surface area contributed by atoms with E-state index in [0.717, 1.165) is 4.47 Å². The largest absolute Gasteiger partial charge is 0.507 e. The Hall–Kier alpha value is -2.01. The molecule has 1 amide bonds. The number of nitrogen functional groups attached to an aromatic ring is 1. The van der Waals surface area contributed by atoms with Crippen LogP contribution in [0.2, 0.25) is 0 Å². The van der Waals surface area contributed by atoms with Crippen LogP contribution in [0.1, 0.15) is 10.4 Å². The molecule has 0 radical (unpaired) electrons. The van der Waals surface area contributed by atoms with Gasteiger partial charge in [0.25, 0.3) is 5.91 Å². The molecule has 0 unspecified atom stereocenters. The van der Waals surface area contributed by atoms with Crippen molar-refractivity contribution in [3.05, 3.63) is 52.5 Å². The lowest BCUT2D eigenvalue weighted by Crippen LogP contribution is -2.12. The molecular weight excluding hydrogens is 296 g/mol. The first kappa shape index (κ1) is 12.4. The third-order valence-electron chi connectivity index (χ3n) is 2.35. The van der Waals surface area contributed by atoms with E-state index in [-0.39, 0.29) is 11.3 Å². The van der Waals surface area contributed by atoms with Crippen LogP contribution in [0.15, 0.2) is 46.9 Å². The molecule has 0 saturated carbocycles. The Bertz CT molecular complexity index is 599. The second kappa shape index (κ2) is 5.10. The Morgan fingerprint density at radius 2 is 2.00 bits per heavy atom. The third-order valence-corrected chi connectivity index (χ3v) is 2.84. The molecule has 0 spiro atoms. The van der Waals surface area contributed by atoms with Gasteiger partial charge >= 0.3 is 0 Å². The summed E-state index contributed by atoms with van der Waals surface area (Å²) in [6.07, 6.45) is 0. The molecule has 5 heteroatoms. The molecule has 0 saturated heterocycles. The number of phenolic OH excluding ortho intramolecular Hbond substituents is 1. The number of amides is 1. The molecule has 0 aliphatic carbocycles. The van der Waals surface area contributed by atoms with Crippen LogP contribution in [-0.2, 0) is 0 Å². The first-order valence-corrected chi connectivity index (χ1v) is 6.01. The molecule has 0 aliphatic heterocycles. The lowest BCUT2D eigenvalue weighted by atomic mass is 10.1. The highest BCUT2D eigenvalue weighted by molar-refractivity contribution is 9.10. The molecule has 2 aromatic rings. The predicted molar refractivity (Wildman–Crippen MR) is 74.6 cm³/mol. The smallest absolute Gasteiger partial charge is 0.259 e. The molecule has 0 aromatic heterocycles. The Kier molecular flexibility index (Phi) is 3.53. The quantitative estimate of drug-likeness (QED) is 0.590. The second-order valence-electron chi connectivity index (χ2n) is 3.74. The maximum absolute atomic E-state index is 12.0. The number of hydrogen-bond donors (Lipinski definition) is 3. The van der Waals surface area contributed by atoms with Gasteiger partial charge < -0.3 is 16.2 Å². The van der Waals surface area contributed by atoms with Gasteiger partial charge in [-0.3, -0.25) is 4.79 Å². The average molecular weight is 307 g/mol. The summed E-state index contributed by atoms with van der Waals surface area (Å²) in [5, 5.41) is 12.3. The molecule has 2 rings (SSSR count). The molecule has 0 fully saturated rings. The van der Waals surface area contributed by atoms with E-state index >= 15 is 0 Å². The zero-order valence-corrected chi connectivity index (χ0v) is 10.9. The lowest BCUT2D eigenvalue weighted by Gasteiger charge is -2.07. The summed E-state index contributed by atoms with van der Waals surface area (Å²) in [6, 6.07) is 11.5. The van der Waals surface area contributed by atoms with Crippen molar-refractivity contribution in [2.24, 2.45) is 0 Å². The lowest BCUT2D eigenvalue weighted by molar-refractivity contribution is 0.102. The Balaban J connectivity index is 2.24. The van der Waals surface area contributed by atoms with Crippen molar-refractivity contribution in [1.82, 2.24) is 0 Å². The van der Waals surface area contributed by atoms with Gasteiger partial charge in [0.1, 0.15) is 5.75 Å². The van der Waals surface area contributed by atoms with Crippen molar-refractivity contribution < 1.29 is 9.90 Å². The minimum atomic E-state index is -0.405. The number of rotatable bonds is 2. The number of halogens is 1. The van der Waals surface area contributed by atoms with Gasteiger partial charge in [-0.2, -0.15) is 0 Å². The van der Waals surface area contributed by atoms with Gasteiger partial charge in [0.15, 0.2) is 0 Å². The first-order valence-electron chi connectivity index (χ1n) is 5.21. The van der Waals surface area contributed by atoms with Crippen molar-refractivity contribution in [2.75, 3.05) is 11.1 Å². The summed E-state index contributed by atoms with van der Waals surface area (Å²) < 4.78 is 0.858. The Labute approximate surface area is 113 Å². The van der Waals surface area contributed by atoms with Gasteiger partial charge in [-0.25, -0.2) is 0 Å². The van der Waals surface area contributed by atoms with E-state index in [4.69, 9.17) is 5.73 Å². The van der Waals surface area contributed by atoms with Crippen molar-refractivity contribution in [1.29, 1.82) is 0 Å². The molecular formula is C13H11BrN2O2. The molecule has 0 aliphatic rings. The van der Waals surface area contributed by atoms with Crippen molar-refractivity contribution in [3.63, 3.8) is 0 Å². The second-order valence-corrected chi connectivity index (χ2v) is 4.66. The van der Waals surface area contributed by atoms with E-state index in [9.17, 15) is 9.90 Å². The van der Waals surface area contributed by atoms with Crippen LogP contribution >= 0.6 is 15.9 Å². The molecule has 18 heavy (non-hydrogen) atoms. The van der Waals surface area contributed by atoms with Crippen LogP contribution in [0.5, 0.6) is 5.75 Å². The summed E-state index contributed by atoms with van der Waals surface area (Å²) in [5.41, 5.74) is 6.79. The number of anilines is 2. The predicted octanol–water partition coefficient (Wildman–Crippen LogP) is 2.99. The minimum absolute atomic E-state index is 0.100. The molecule has 4 nitrogen and oxygen atoms in total. The van der Waals surface area contributed by atoms with Crippen LogP contribution < -0.4 is 11.1 Å². The molecule has 0 bridgehead atoms. The highest BCUT2D eigenvalue weighted by Crippen LogP contribution is 2.22. The number of carbonyl (C=O) groups is 1. The molecule has 92 valence electrons. The summed E-state index contributed by atoms with van der Waals surface area (Å²) in [5.74, 6) is -0.505. The summed E-state index contributed by atoms with van der Waals surface area (Å²) in [4.78, 5) is 12.0. The average Bonchev–Trinajstić information content (AvgIpc) is 2.32. The normalized spacial score (nSPS) is 10.1. The number of carbonyl (C=O) groups excluding carboxylic acids is 1. The van der Waals surface area contributed by atoms with Crippen LogP contribution in [0.3, 0.4) is 0 Å². The van der Waals surface area contributed by atoms with E-state index in [1.54, 1.807) is 18.2 Å². The minimum Gasteiger partial charge on any atom is -0.507 e. The highest BCUT2D eigenvalue weighted by atomic mass is 79.9. The third kappa shape index (κ3) is 2.81. The summed E-state index contributed by atoms with van der Waals surface area (Å²) in [7, 11) is 0. The molecule has 2 aromatic carbocycles. The zero-order valence-electron chi connectivity index (χ0n) is 9.35. The van der Waals surface area contributed by atoms with Crippen LogP contribution in [0, 0.1) is 0 Å².